The molecular weight excluding hydrogens is 327 g/mol. The summed E-state index contributed by atoms with van der Waals surface area (Å²) in [5.74, 6) is -0.720. The SMILES string of the molecule is CC(=O)NC[C@@H]1CN(C(=O)c2ccn(-c3cccc(F)c3)n2)CCO1. The molecule has 0 aliphatic carbocycles. The lowest BCUT2D eigenvalue weighted by Crippen LogP contribution is -2.49. The second-order valence-electron chi connectivity index (χ2n) is 5.81. The highest BCUT2D eigenvalue weighted by Gasteiger charge is 2.26. The van der Waals surface area contributed by atoms with Gasteiger partial charge < -0.3 is 15.0 Å². The Kier molecular flexibility index (Phi) is 5.08. The number of carbonyl (C=O) groups excluding carboxylic acids is 2. The quantitative estimate of drug-likeness (QED) is 0.896. The first kappa shape index (κ1) is 17.1. The predicted molar refractivity (Wildman–Crippen MR) is 87.8 cm³/mol. The number of rotatable bonds is 4. The molecule has 0 saturated carbocycles. The molecule has 0 radical (unpaired) electrons. The van der Waals surface area contributed by atoms with Crippen molar-refractivity contribution in [2.75, 3.05) is 26.2 Å². The average Bonchev–Trinajstić information content (AvgIpc) is 3.10. The minimum absolute atomic E-state index is 0.138. The molecule has 1 aromatic carbocycles. The number of ether oxygens (including phenoxy) is 1. The number of nitrogens with zero attached hydrogens (tertiary/aromatic N) is 3. The molecule has 1 saturated heterocycles. The van der Waals surface area contributed by atoms with E-state index in [1.165, 1.54) is 23.7 Å². The summed E-state index contributed by atoms with van der Waals surface area (Å²) in [6, 6.07) is 7.60. The highest BCUT2D eigenvalue weighted by molar-refractivity contribution is 5.92. The molecule has 2 aromatic rings. The highest BCUT2D eigenvalue weighted by Crippen LogP contribution is 2.13. The monoisotopic (exact) mass is 346 g/mol. The van der Waals surface area contributed by atoms with Gasteiger partial charge in [0.25, 0.3) is 5.91 Å². The minimum atomic E-state index is -0.366. The maximum Gasteiger partial charge on any atom is 0.274 e. The van der Waals surface area contributed by atoms with Crippen LogP contribution in [0, 0.1) is 5.82 Å². The maximum absolute atomic E-state index is 13.3. The van der Waals surface area contributed by atoms with Crippen LogP contribution >= 0.6 is 0 Å². The Morgan fingerprint density at radius 1 is 1.40 bits per heavy atom. The van der Waals surface area contributed by atoms with Gasteiger partial charge >= 0.3 is 0 Å². The summed E-state index contributed by atoms with van der Waals surface area (Å²) >= 11 is 0. The normalized spacial score (nSPS) is 17.4. The lowest BCUT2D eigenvalue weighted by Gasteiger charge is -2.32. The summed E-state index contributed by atoms with van der Waals surface area (Å²) in [6.45, 7) is 3.04. The molecule has 1 aliphatic rings. The van der Waals surface area contributed by atoms with Crippen molar-refractivity contribution in [1.82, 2.24) is 20.0 Å². The molecule has 132 valence electrons. The van der Waals surface area contributed by atoms with Crippen LogP contribution in [0.2, 0.25) is 0 Å². The number of morpholine rings is 1. The predicted octanol–water partition coefficient (Wildman–Crippen LogP) is 0.988. The molecule has 1 aliphatic heterocycles. The van der Waals surface area contributed by atoms with E-state index < -0.39 is 0 Å². The number of carbonyl (C=O) groups is 2. The summed E-state index contributed by atoms with van der Waals surface area (Å²) in [4.78, 5) is 25.3. The molecule has 0 unspecified atom stereocenters. The Bertz CT molecular complexity index is 777. The van der Waals surface area contributed by atoms with Crippen molar-refractivity contribution in [3.05, 3.63) is 48.0 Å². The summed E-state index contributed by atoms with van der Waals surface area (Å²) in [5, 5.41) is 6.93. The van der Waals surface area contributed by atoms with Gasteiger partial charge in [-0.1, -0.05) is 6.07 Å². The Labute approximate surface area is 144 Å². The van der Waals surface area contributed by atoms with Gasteiger partial charge in [-0.05, 0) is 24.3 Å². The lowest BCUT2D eigenvalue weighted by molar-refractivity contribution is -0.120. The fraction of sp³-hybridized carbons (Fsp3) is 0.353. The van der Waals surface area contributed by atoms with Gasteiger partial charge in [0.15, 0.2) is 5.69 Å². The van der Waals surface area contributed by atoms with E-state index in [4.69, 9.17) is 4.74 Å². The minimum Gasteiger partial charge on any atom is -0.373 e. The summed E-state index contributed by atoms with van der Waals surface area (Å²) < 4.78 is 20.3. The fourth-order valence-electron chi connectivity index (χ4n) is 2.65. The van der Waals surface area contributed by atoms with E-state index in [9.17, 15) is 14.0 Å². The van der Waals surface area contributed by atoms with Crippen molar-refractivity contribution < 1.29 is 18.7 Å². The summed E-state index contributed by atoms with van der Waals surface area (Å²) in [6.07, 6.45) is 1.38. The Balaban J connectivity index is 1.67. The van der Waals surface area contributed by atoms with Crippen molar-refractivity contribution in [3.63, 3.8) is 0 Å². The van der Waals surface area contributed by atoms with Gasteiger partial charge in [-0.3, -0.25) is 9.59 Å². The number of benzene rings is 1. The van der Waals surface area contributed by atoms with Gasteiger partial charge in [0.05, 0.1) is 18.4 Å². The smallest absolute Gasteiger partial charge is 0.274 e. The zero-order chi connectivity index (χ0) is 17.8. The number of hydrogen-bond acceptors (Lipinski definition) is 4. The first-order valence-electron chi connectivity index (χ1n) is 8.00. The highest BCUT2D eigenvalue weighted by atomic mass is 19.1. The molecule has 0 bridgehead atoms. The molecule has 2 amide bonds. The molecule has 7 nitrogen and oxygen atoms in total. The second kappa shape index (κ2) is 7.43. The van der Waals surface area contributed by atoms with E-state index in [1.54, 1.807) is 29.3 Å². The topological polar surface area (TPSA) is 76.5 Å². The van der Waals surface area contributed by atoms with Crippen LogP contribution in [0.4, 0.5) is 4.39 Å². The molecule has 1 aromatic heterocycles. The van der Waals surface area contributed by atoms with Crippen LogP contribution in [-0.2, 0) is 9.53 Å². The maximum atomic E-state index is 13.3. The number of halogens is 1. The molecule has 0 spiro atoms. The second-order valence-corrected chi connectivity index (χ2v) is 5.81. The average molecular weight is 346 g/mol. The standard InChI is InChI=1S/C17H19FN4O3/c1-12(23)19-10-15-11-21(7-8-25-15)17(24)16-5-6-22(20-16)14-4-2-3-13(18)9-14/h2-6,9,15H,7-8,10-11H2,1H3,(H,19,23)/t15-/m1/s1. The largest absolute Gasteiger partial charge is 0.373 e. The fourth-order valence-corrected chi connectivity index (χ4v) is 2.65. The zero-order valence-corrected chi connectivity index (χ0v) is 13.8. The van der Waals surface area contributed by atoms with Crippen LogP contribution in [0.25, 0.3) is 5.69 Å². The van der Waals surface area contributed by atoms with Crippen molar-refractivity contribution in [2.24, 2.45) is 0 Å². The third-order valence-corrected chi connectivity index (χ3v) is 3.89. The Morgan fingerprint density at radius 2 is 2.24 bits per heavy atom. The third kappa shape index (κ3) is 4.21. The van der Waals surface area contributed by atoms with Gasteiger partial charge in [0.2, 0.25) is 5.91 Å². The molecule has 1 atom stereocenters. The van der Waals surface area contributed by atoms with Gasteiger partial charge in [-0.25, -0.2) is 9.07 Å². The molecule has 2 heterocycles. The molecule has 25 heavy (non-hydrogen) atoms. The van der Waals surface area contributed by atoms with E-state index >= 15 is 0 Å². The van der Waals surface area contributed by atoms with Crippen LogP contribution in [0.5, 0.6) is 0 Å². The first-order chi connectivity index (χ1) is 12.0. The van der Waals surface area contributed by atoms with Crippen LogP contribution in [-0.4, -0.2) is 58.8 Å². The van der Waals surface area contributed by atoms with E-state index in [2.05, 4.69) is 10.4 Å². The van der Waals surface area contributed by atoms with Gasteiger partial charge in [0.1, 0.15) is 5.82 Å². The van der Waals surface area contributed by atoms with E-state index in [0.717, 1.165) is 0 Å². The van der Waals surface area contributed by atoms with Crippen LogP contribution < -0.4 is 5.32 Å². The Hall–Kier alpha value is -2.74. The zero-order valence-electron chi connectivity index (χ0n) is 13.8. The number of hydrogen-bond donors (Lipinski definition) is 1. The molecule has 1 N–H and O–H groups in total. The van der Waals surface area contributed by atoms with Crippen LogP contribution in [0.15, 0.2) is 36.5 Å². The summed E-state index contributed by atoms with van der Waals surface area (Å²) in [5.41, 5.74) is 0.828. The van der Waals surface area contributed by atoms with Crippen molar-refractivity contribution >= 4 is 11.8 Å². The van der Waals surface area contributed by atoms with Gasteiger partial charge in [-0.2, -0.15) is 5.10 Å². The molecule has 3 rings (SSSR count). The Morgan fingerprint density at radius 3 is 3.00 bits per heavy atom. The van der Waals surface area contributed by atoms with Crippen molar-refractivity contribution in [2.45, 2.75) is 13.0 Å². The summed E-state index contributed by atoms with van der Waals surface area (Å²) in [7, 11) is 0. The molecule has 1 fully saturated rings. The van der Waals surface area contributed by atoms with Crippen molar-refractivity contribution in [1.29, 1.82) is 0 Å². The van der Waals surface area contributed by atoms with E-state index in [1.807, 2.05) is 0 Å². The molecular formula is C17H19FN4O3. The van der Waals surface area contributed by atoms with E-state index in [-0.39, 0.29) is 29.4 Å². The third-order valence-electron chi connectivity index (χ3n) is 3.89. The van der Waals surface area contributed by atoms with Crippen LogP contribution in [0.3, 0.4) is 0 Å². The van der Waals surface area contributed by atoms with Crippen LogP contribution in [0.1, 0.15) is 17.4 Å². The first-order valence-corrected chi connectivity index (χ1v) is 8.00. The molecule has 8 heteroatoms. The number of amides is 2. The van der Waals surface area contributed by atoms with Gasteiger partial charge in [-0.15, -0.1) is 0 Å². The number of aromatic nitrogens is 2. The van der Waals surface area contributed by atoms with Crippen molar-refractivity contribution in [3.8, 4) is 5.69 Å². The lowest BCUT2D eigenvalue weighted by atomic mass is 10.2. The van der Waals surface area contributed by atoms with E-state index in [0.29, 0.717) is 31.9 Å². The number of nitrogens with one attached hydrogen (secondary N) is 1. The van der Waals surface area contributed by atoms with Gasteiger partial charge in [0, 0.05) is 32.8 Å².